The summed E-state index contributed by atoms with van der Waals surface area (Å²) in [4.78, 5) is 25.0. The number of hydrogen-bond acceptors (Lipinski definition) is 6. The maximum Gasteiger partial charge on any atom is 0.137 e. The van der Waals surface area contributed by atoms with Gasteiger partial charge < -0.3 is 18.6 Å². The van der Waals surface area contributed by atoms with Crippen LogP contribution in [-0.2, 0) is 0 Å². The Morgan fingerprint density at radius 2 is 0.667 bits per heavy atom. The number of imidazole rings is 2. The van der Waals surface area contributed by atoms with E-state index in [4.69, 9.17) is 19.9 Å². The highest BCUT2D eigenvalue weighted by molar-refractivity contribution is 5.90. The molecule has 0 fully saturated rings. The van der Waals surface area contributed by atoms with Gasteiger partial charge in [-0.15, -0.1) is 0 Å². The van der Waals surface area contributed by atoms with E-state index in [0.717, 1.165) is 101 Å². The van der Waals surface area contributed by atoms with E-state index >= 15 is 0 Å². The van der Waals surface area contributed by atoms with Gasteiger partial charge in [-0.2, -0.15) is 0 Å². The first-order valence-corrected chi connectivity index (χ1v) is 21.9. The molecule has 0 aliphatic rings. The Balaban J connectivity index is 0.943. The molecular formula is C58H40N8. The molecule has 0 atom stereocenters. The summed E-state index contributed by atoms with van der Waals surface area (Å²) in [5, 5.41) is 0. The SMILES string of the molecule is c1ccc(N(c2ccc(-c3cn4ccccc4n3)cc2)c2cccc(-c3nc4ccccc4nc3-c3cccc(N(c4ccccc4)c4ccc(-c5cn6ccccc6n5)cc4)c3)c2)cc1. The lowest BCUT2D eigenvalue weighted by molar-refractivity contribution is 1.19. The van der Waals surface area contributed by atoms with Gasteiger partial charge in [-0.3, -0.25) is 0 Å². The number of rotatable bonds is 10. The number of nitrogens with zero attached hydrogens (tertiary/aromatic N) is 8. The summed E-state index contributed by atoms with van der Waals surface area (Å²) >= 11 is 0. The lowest BCUT2D eigenvalue weighted by Crippen LogP contribution is -2.10. The molecule has 312 valence electrons. The van der Waals surface area contributed by atoms with Crippen LogP contribution in [0, 0.1) is 0 Å². The van der Waals surface area contributed by atoms with Crippen LogP contribution >= 0.6 is 0 Å². The second-order valence-electron chi connectivity index (χ2n) is 16.1. The number of benzene rings is 7. The maximum absolute atomic E-state index is 5.36. The molecule has 12 aromatic rings. The fourth-order valence-corrected chi connectivity index (χ4v) is 8.75. The molecule has 0 bridgehead atoms. The molecular weight excluding hydrogens is 809 g/mol. The molecule has 0 aliphatic heterocycles. The highest BCUT2D eigenvalue weighted by Gasteiger charge is 2.20. The number of para-hydroxylation sites is 4. The molecule has 8 nitrogen and oxygen atoms in total. The number of hydrogen-bond donors (Lipinski definition) is 0. The van der Waals surface area contributed by atoms with Gasteiger partial charge in [0.05, 0.1) is 33.8 Å². The van der Waals surface area contributed by atoms with Crippen molar-refractivity contribution in [2.24, 2.45) is 0 Å². The lowest BCUT2D eigenvalue weighted by Gasteiger charge is -2.26. The van der Waals surface area contributed by atoms with E-state index in [1.807, 2.05) is 94.0 Å². The molecule has 5 aromatic heterocycles. The molecule has 0 amide bonds. The van der Waals surface area contributed by atoms with E-state index in [0.29, 0.717) is 0 Å². The maximum atomic E-state index is 5.36. The highest BCUT2D eigenvalue weighted by atomic mass is 15.1. The minimum atomic E-state index is 0.797. The van der Waals surface area contributed by atoms with Crippen LogP contribution in [0.25, 0.3) is 67.4 Å². The van der Waals surface area contributed by atoms with E-state index in [-0.39, 0.29) is 0 Å². The Kier molecular flexibility index (Phi) is 9.65. The van der Waals surface area contributed by atoms with E-state index in [1.54, 1.807) is 0 Å². The topological polar surface area (TPSA) is 66.9 Å². The van der Waals surface area contributed by atoms with Gasteiger partial charge in [0.15, 0.2) is 0 Å². The zero-order valence-corrected chi connectivity index (χ0v) is 35.7. The molecule has 0 N–H and O–H groups in total. The van der Waals surface area contributed by atoms with Crippen LogP contribution in [0.4, 0.5) is 34.1 Å². The zero-order chi connectivity index (χ0) is 43.8. The molecule has 7 aromatic carbocycles. The van der Waals surface area contributed by atoms with Gasteiger partial charge in [0.1, 0.15) is 11.3 Å². The molecule has 5 heterocycles. The van der Waals surface area contributed by atoms with Crippen molar-refractivity contribution in [2.75, 3.05) is 9.80 Å². The third kappa shape index (κ3) is 7.28. The van der Waals surface area contributed by atoms with Crippen molar-refractivity contribution >= 4 is 56.5 Å². The average molecular weight is 849 g/mol. The quantitative estimate of drug-likeness (QED) is 0.137. The molecule has 0 saturated heterocycles. The molecule has 0 radical (unpaired) electrons. The van der Waals surface area contributed by atoms with Crippen molar-refractivity contribution in [3.8, 4) is 45.0 Å². The monoisotopic (exact) mass is 848 g/mol. The standard InChI is InChI=1S/C58H40N8/c1-3-17-45(18-4-1)65(47-31-27-41(28-32-47)53-39-63-35-11-9-25-55(63)59-53)49-21-13-15-43(37-49)57-58(62-52-24-8-7-23-51(52)61-57)44-16-14-22-50(38-44)66(46-19-5-2-6-20-46)48-33-29-42(30-34-48)54-40-64-36-12-10-26-56(64)60-54/h1-40H. The lowest BCUT2D eigenvalue weighted by atomic mass is 10.0. The van der Waals surface area contributed by atoms with E-state index in [1.165, 1.54) is 0 Å². The van der Waals surface area contributed by atoms with Crippen LogP contribution in [0.15, 0.2) is 243 Å². The van der Waals surface area contributed by atoms with Crippen molar-refractivity contribution in [2.45, 2.75) is 0 Å². The van der Waals surface area contributed by atoms with Crippen molar-refractivity contribution in [1.29, 1.82) is 0 Å². The Morgan fingerprint density at radius 3 is 1.09 bits per heavy atom. The van der Waals surface area contributed by atoms with Crippen molar-refractivity contribution in [1.82, 2.24) is 28.7 Å². The minimum Gasteiger partial charge on any atom is -0.310 e. The normalized spacial score (nSPS) is 11.3. The van der Waals surface area contributed by atoms with Gasteiger partial charge in [0, 0.05) is 81.2 Å². The Morgan fingerprint density at radius 1 is 0.288 bits per heavy atom. The highest BCUT2D eigenvalue weighted by Crippen LogP contribution is 2.41. The third-order valence-electron chi connectivity index (χ3n) is 11.9. The number of aromatic nitrogens is 6. The number of pyridine rings is 2. The van der Waals surface area contributed by atoms with E-state index < -0.39 is 0 Å². The predicted molar refractivity (Wildman–Crippen MR) is 268 cm³/mol. The second-order valence-corrected chi connectivity index (χ2v) is 16.1. The van der Waals surface area contributed by atoms with Gasteiger partial charge in [-0.1, -0.05) is 109 Å². The first kappa shape index (κ1) is 38.5. The fraction of sp³-hybridized carbons (Fsp3) is 0. The molecule has 0 saturated carbocycles. The van der Waals surface area contributed by atoms with Crippen molar-refractivity contribution < 1.29 is 0 Å². The zero-order valence-electron chi connectivity index (χ0n) is 35.7. The summed E-state index contributed by atoms with van der Waals surface area (Å²) in [5.74, 6) is 0. The van der Waals surface area contributed by atoms with E-state index in [9.17, 15) is 0 Å². The summed E-state index contributed by atoms with van der Waals surface area (Å²) in [5.41, 5.74) is 17.1. The fourth-order valence-electron chi connectivity index (χ4n) is 8.75. The summed E-state index contributed by atoms with van der Waals surface area (Å²) in [6.07, 6.45) is 8.19. The molecule has 8 heteroatoms. The van der Waals surface area contributed by atoms with Gasteiger partial charge >= 0.3 is 0 Å². The minimum absolute atomic E-state index is 0.797. The Bertz CT molecular complexity index is 3350. The number of fused-ring (bicyclic) bond motifs is 3. The third-order valence-corrected chi connectivity index (χ3v) is 11.9. The summed E-state index contributed by atoms with van der Waals surface area (Å²) in [6.45, 7) is 0. The summed E-state index contributed by atoms with van der Waals surface area (Å²) in [7, 11) is 0. The van der Waals surface area contributed by atoms with Gasteiger partial charge in [0.2, 0.25) is 0 Å². The molecule has 0 unspecified atom stereocenters. The summed E-state index contributed by atoms with van der Waals surface area (Å²) in [6, 6.07) is 75.6. The Hall–Kier alpha value is -9.14. The van der Waals surface area contributed by atoms with Crippen molar-refractivity contribution in [3.63, 3.8) is 0 Å². The van der Waals surface area contributed by atoms with Gasteiger partial charge in [-0.05, 0) is 109 Å². The molecule has 0 spiro atoms. The smallest absolute Gasteiger partial charge is 0.137 e. The van der Waals surface area contributed by atoms with Crippen molar-refractivity contribution in [3.05, 3.63) is 243 Å². The van der Waals surface area contributed by atoms with Crippen LogP contribution in [0.3, 0.4) is 0 Å². The first-order valence-electron chi connectivity index (χ1n) is 21.9. The van der Waals surface area contributed by atoms with Crippen LogP contribution in [0.1, 0.15) is 0 Å². The van der Waals surface area contributed by atoms with Crippen LogP contribution in [-0.4, -0.2) is 28.7 Å². The predicted octanol–water partition coefficient (Wildman–Crippen LogP) is 14.5. The van der Waals surface area contributed by atoms with Gasteiger partial charge in [0.25, 0.3) is 0 Å². The first-order chi connectivity index (χ1) is 32.7. The number of anilines is 6. The van der Waals surface area contributed by atoms with Crippen LogP contribution < -0.4 is 9.80 Å². The molecule has 66 heavy (non-hydrogen) atoms. The average Bonchev–Trinajstić information content (AvgIpc) is 4.03. The van der Waals surface area contributed by atoms with Crippen LogP contribution in [0.2, 0.25) is 0 Å². The largest absolute Gasteiger partial charge is 0.310 e. The molecule has 12 rings (SSSR count). The molecule has 0 aliphatic carbocycles. The Labute approximate surface area is 381 Å². The second kappa shape index (κ2) is 16.5. The van der Waals surface area contributed by atoms with E-state index in [2.05, 4.69) is 168 Å². The van der Waals surface area contributed by atoms with Crippen LogP contribution in [0.5, 0.6) is 0 Å². The summed E-state index contributed by atoms with van der Waals surface area (Å²) < 4.78 is 4.10. The van der Waals surface area contributed by atoms with Gasteiger partial charge in [-0.25, -0.2) is 19.9 Å².